The van der Waals surface area contributed by atoms with E-state index >= 15 is 0 Å². The van der Waals surface area contributed by atoms with E-state index in [4.69, 9.17) is 5.11 Å². The van der Waals surface area contributed by atoms with Gasteiger partial charge in [-0.1, -0.05) is 0 Å². The van der Waals surface area contributed by atoms with Gasteiger partial charge in [0.25, 0.3) is 0 Å². The average Bonchev–Trinajstić information content (AvgIpc) is 2.55. The first kappa shape index (κ1) is 9.51. The number of nitrogens with one attached hydrogen (secondary N) is 1. The fourth-order valence-corrected chi connectivity index (χ4v) is 1.44. The maximum absolute atomic E-state index is 10.7. The van der Waals surface area contributed by atoms with Crippen LogP contribution in [0.5, 0.6) is 0 Å². The number of anilines is 1. The Morgan fingerprint density at radius 1 is 1.53 bits per heavy atom. The van der Waals surface area contributed by atoms with Crippen LogP contribution in [0.15, 0.2) is 18.2 Å². The third-order valence-electron chi connectivity index (χ3n) is 2.26. The molecule has 0 aliphatic heterocycles. The van der Waals surface area contributed by atoms with Crippen LogP contribution in [-0.2, 0) is 0 Å². The summed E-state index contributed by atoms with van der Waals surface area (Å²) in [5.41, 5.74) is 2.31. The lowest BCUT2D eigenvalue weighted by atomic mass is 10.2. The molecule has 0 saturated carbocycles. The first-order chi connectivity index (χ1) is 7.08. The molecule has 1 amide bonds. The highest BCUT2D eigenvalue weighted by Crippen LogP contribution is 2.19. The Morgan fingerprint density at radius 3 is 2.93 bits per heavy atom. The maximum Gasteiger partial charge on any atom is 0.411 e. The third-order valence-corrected chi connectivity index (χ3v) is 2.26. The van der Waals surface area contributed by atoms with Crippen molar-refractivity contribution < 1.29 is 9.90 Å². The molecule has 0 bridgehead atoms. The van der Waals surface area contributed by atoms with Crippen LogP contribution < -0.4 is 4.90 Å². The molecule has 2 N–H and O–H groups in total. The Morgan fingerprint density at radius 2 is 2.27 bits per heavy atom. The summed E-state index contributed by atoms with van der Waals surface area (Å²) in [6.07, 6.45) is -0.981. The van der Waals surface area contributed by atoms with Crippen LogP contribution >= 0.6 is 0 Å². The lowest BCUT2D eigenvalue weighted by molar-refractivity contribution is 0.203. The van der Waals surface area contributed by atoms with Gasteiger partial charge in [0, 0.05) is 12.7 Å². The van der Waals surface area contributed by atoms with Crippen LogP contribution in [0.25, 0.3) is 11.0 Å². The van der Waals surface area contributed by atoms with E-state index in [1.807, 2.05) is 6.92 Å². The Labute approximate surface area is 86.4 Å². The zero-order chi connectivity index (χ0) is 11.0. The summed E-state index contributed by atoms with van der Waals surface area (Å²) < 4.78 is 0. The van der Waals surface area contributed by atoms with Crippen molar-refractivity contribution >= 4 is 22.8 Å². The first-order valence-corrected chi connectivity index (χ1v) is 4.51. The third kappa shape index (κ3) is 1.63. The molecule has 0 unspecified atom stereocenters. The number of imidazole rings is 1. The van der Waals surface area contributed by atoms with Crippen molar-refractivity contribution in [3.63, 3.8) is 0 Å². The van der Waals surface area contributed by atoms with E-state index in [-0.39, 0.29) is 0 Å². The molecule has 5 nitrogen and oxygen atoms in total. The molecule has 0 radical (unpaired) electrons. The molecule has 1 aromatic heterocycles. The van der Waals surface area contributed by atoms with E-state index in [2.05, 4.69) is 9.97 Å². The van der Waals surface area contributed by atoms with Gasteiger partial charge < -0.3 is 10.1 Å². The molecule has 2 rings (SSSR count). The van der Waals surface area contributed by atoms with Crippen molar-refractivity contribution in [1.29, 1.82) is 0 Å². The highest BCUT2D eigenvalue weighted by Gasteiger charge is 2.09. The molecule has 5 heteroatoms. The van der Waals surface area contributed by atoms with Crippen molar-refractivity contribution in [3.05, 3.63) is 24.0 Å². The van der Waals surface area contributed by atoms with Crippen LogP contribution in [0.4, 0.5) is 10.5 Å². The lowest BCUT2D eigenvalue weighted by Gasteiger charge is -2.12. The largest absolute Gasteiger partial charge is 0.465 e. The smallest absolute Gasteiger partial charge is 0.411 e. The van der Waals surface area contributed by atoms with Crippen LogP contribution in [-0.4, -0.2) is 28.2 Å². The average molecular weight is 205 g/mol. The van der Waals surface area contributed by atoms with Crippen LogP contribution in [0.2, 0.25) is 0 Å². The number of aromatic amines is 1. The topological polar surface area (TPSA) is 69.2 Å². The summed E-state index contributed by atoms with van der Waals surface area (Å²) in [6.45, 7) is 1.86. The molecule has 0 saturated heterocycles. The minimum absolute atomic E-state index is 0.624. The van der Waals surface area contributed by atoms with E-state index in [9.17, 15) is 4.79 Å². The number of carbonyl (C=O) groups is 1. The summed E-state index contributed by atoms with van der Waals surface area (Å²) in [5.74, 6) is 0.820. The van der Waals surface area contributed by atoms with Crippen molar-refractivity contribution in [1.82, 2.24) is 9.97 Å². The lowest BCUT2D eigenvalue weighted by Crippen LogP contribution is -2.23. The number of rotatable bonds is 1. The number of fused-ring (bicyclic) bond motifs is 1. The minimum Gasteiger partial charge on any atom is -0.465 e. The highest BCUT2D eigenvalue weighted by molar-refractivity contribution is 5.89. The van der Waals surface area contributed by atoms with E-state index in [1.54, 1.807) is 18.2 Å². The van der Waals surface area contributed by atoms with Gasteiger partial charge in [0.2, 0.25) is 0 Å². The monoisotopic (exact) mass is 205 g/mol. The Kier molecular flexibility index (Phi) is 2.07. The van der Waals surface area contributed by atoms with Gasteiger partial charge in [-0.05, 0) is 25.1 Å². The summed E-state index contributed by atoms with van der Waals surface area (Å²) in [4.78, 5) is 19.2. The fraction of sp³-hybridized carbons (Fsp3) is 0.200. The van der Waals surface area contributed by atoms with Gasteiger partial charge in [-0.25, -0.2) is 9.78 Å². The van der Waals surface area contributed by atoms with Gasteiger partial charge in [-0.2, -0.15) is 0 Å². The molecule has 1 heterocycles. The zero-order valence-electron chi connectivity index (χ0n) is 8.48. The number of amides is 1. The normalized spacial score (nSPS) is 10.5. The number of hydrogen-bond donors (Lipinski definition) is 2. The van der Waals surface area contributed by atoms with Crippen molar-refractivity contribution in [2.45, 2.75) is 6.92 Å². The first-order valence-electron chi connectivity index (χ1n) is 4.51. The molecule has 0 fully saturated rings. The molecule has 2 aromatic rings. The molecule has 15 heavy (non-hydrogen) atoms. The summed E-state index contributed by atoms with van der Waals surface area (Å²) in [5, 5.41) is 8.81. The Balaban J connectivity index is 2.50. The van der Waals surface area contributed by atoms with Gasteiger partial charge in [0.05, 0.1) is 11.0 Å². The van der Waals surface area contributed by atoms with Crippen molar-refractivity contribution in [3.8, 4) is 0 Å². The molecule has 0 spiro atoms. The van der Waals surface area contributed by atoms with E-state index in [0.29, 0.717) is 5.69 Å². The van der Waals surface area contributed by atoms with E-state index in [1.165, 1.54) is 7.05 Å². The molecular formula is C10H11N3O2. The second-order valence-corrected chi connectivity index (χ2v) is 3.37. The number of benzene rings is 1. The number of carboxylic acid groups (broad SMARTS) is 1. The van der Waals surface area contributed by atoms with E-state index < -0.39 is 6.09 Å². The quantitative estimate of drug-likeness (QED) is 0.747. The number of nitrogens with zero attached hydrogens (tertiary/aromatic N) is 2. The van der Waals surface area contributed by atoms with Gasteiger partial charge >= 0.3 is 6.09 Å². The van der Waals surface area contributed by atoms with E-state index in [0.717, 1.165) is 21.8 Å². The summed E-state index contributed by atoms with van der Waals surface area (Å²) in [6, 6.07) is 5.30. The zero-order valence-corrected chi connectivity index (χ0v) is 8.48. The second kappa shape index (κ2) is 3.27. The highest BCUT2D eigenvalue weighted by atomic mass is 16.4. The van der Waals surface area contributed by atoms with Gasteiger partial charge in [0.1, 0.15) is 5.82 Å². The molecular weight excluding hydrogens is 194 g/mol. The second-order valence-electron chi connectivity index (χ2n) is 3.37. The summed E-state index contributed by atoms with van der Waals surface area (Å²) in [7, 11) is 1.51. The summed E-state index contributed by atoms with van der Waals surface area (Å²) >= 11 is 0. The molecule has 0 atom stereocenters. The van der Waals surface area contributed by atoms with Crippen LogP contribution in [0.3, 0.4) is 0 Å². The van der Waals surface area contributed by atoms with Gasteiger partial charge in [0.15, 0.2) is 0 Å². The van der Waals surface area contributed by atoms with Crippen LogP contribution in [0.1, 0.15) is 5.82 Å². The molecule has 0 aliphatic carbocycles. The molecule has 0 aliphatic rings. The minimum atomic E-state index is -0.981. The molecule has 78 valence electrons. The van der Waals surface area contributed by atoms with Gasteiger partial charge in [-0.3, -0.25) is 4.90 Å². The van der Waals surface area contributed by atoms with Crippen molar-refractivity contribution in [2.75, 3.05) is 11.9 Å². The predicted octanol–water partition coefficient (Wildman–Crippen LogP) is 1.99. The maximum atomic E-state index is 10.7. The number of aryl methyl sites for hydroxylation is 1. The SMILES string of the molecule is Cc1nc2ccc(N(C)C(=O)O)cc2[nH]1. The predicted molar refractivity (Wildman–Crippen MR) is 57.3 cm³/mol. The Hall–Kier alpha value is -2.04. The van der Waals surface area contributed by atoms with Gasteiger partial charge in [-0.15, -0.1) is 0 Å². The number of hydrogen-bond acceptors (Lipinski definition) is 2. The Bertz CT molecular complexity index is 518. The number of aromatic nitrogens is 2. The van der Waals surface area contributed by atoms with Crippen molar-refractivity contribution in [2.24, 2.45) is 0 Å². The number of H-pyrrole nitrogens is 1. The molecule has 1 aromatic carbocycles. The fourth-order valence-electron chi connectivity index (χ4n) is 1.44. The van der Waals surface area contributed by atoms with Crippen LogP contribution in [0, 0.1) is 6.92 Å². The standard InChI is InChI=1S/C10H11N3O2/c1-6-11-8-4-3-7(5-9(8)12-6)13(2)10(14)15/h3-5H,1-2H3,(H,11,12)(H,14,15).